The van der Waals surface area contributed by atoms with Gasteiger partial charge in [-0.15, -0.1) is 0 Å². The summed E-state index contributed by atoms with van der Waals surface area (Å²) in [6, 6.07) is 6.87. The molecule has 3 nitrogen and oxygen atoms in total. The summed E-state index contributed by atoms with van der Waals surface area (Å²) in [5.41, 5.74) is 8.86. The lowest BCUT2D eigenvalue weighted by Gasteiger charge is -2.29. The highest BCUT2D eigenvalue weighted by atomic mass is 32.2. The molecule has 0 spiro atoms. The normalized spacial score (nSPS) is 14.2. The molecule has 21 heavy (non-hydrogen) atoms. The fourth-order valence-corrected chi connectivity index (χ4v) is 3.62. The van der Waals surface area contributed by atoms with E-state index >= 15 is 0 Å². The molecule has 1 amide bonds. The molecule has 1 aromatic carbocycles. The molecule has 1 aromatic rings. The third-order valence-electron chi connectivity index (χ3n) is 3.45. The van der Waals surface area contributed by atoms with Crippen LogP contribution in [-0.4, -0.2) is 23.2 Å². The predicted octanol–water partition coefficient (Wildman–Crippen LogP) is 3.17. The highest BCUT2D eigenvalue weighted by molar-refractivity contribution is 7.98. The number of carbonyl (C=O) groups excluding carboxylic acids is 1. The Hall–Kier alpha value is -1.00. The van der Waals surface area contributed by atoms with Gasteiger partial charge < -0.3 is 11.1 Å². The Morgan fingerprint density at radius 2 is 1.86 bits per heavy atom. The number of aryl methyl sites for hydroxylation is 2. The molecular formula is C17H28N2OS. The van der Waals surface area contributed by atoms with Gasteiger partial charge in [-0.05, 0) is 52.4 Å². The topological polar surface area (TPSA) is 55.1 Å². The zero-order chi connectivity index (χ0) is 16.0. The SMILES string of the molecule is Cc1cc(C)cc(CSCCC(C)(NC(C)C)C(N)=O)c1. The van der Waals surface area contributed by atoms with E-state index < -0.39 is 5.54 Å². The lowest BCUT2D eigenvalue weighted by Crippen LogP contribution is -2.55. The third-order valence-corrected chi connectivity index (χ3v) is 4.48. The van der Waals surface area contributed by atoms with Gasteiger partial charge in [0, 0.05) is 11.8 Å². The zero-order valence-electron chi connectivity index (χ0n) is 13.8. The summed E-state index contributed by atoms with van der Waals surface area (Å²) in [5.74, 6) is 1.61. The fourth-order valence-electron chi connectivity index (χ4n) is 2.52. The number of hydrogen-bond acceptors (Lipinski definition) is 3. The summed E-state index contributed by atoms with van der Waals surface area (Å²) in [4.78, 5) is 11.7. The lowest BCUT2D eigenvalue weighted by molar-refractivity contribution is -0.124. The van der Waals surface area contributed by atoms with Crippen LogP contribution in [0.15, 0.2) is 18.2 Å². The molecular weight excluding hydrogens is 280 g/mol. The maximum Gasteiger partial charge on any atom is 0.237 e. The summed E-state index contributed by atoms with van der Waals surface area (Å²) in [5, 5.41) is 3.28. The van der Waals surface area contributed by atoms with E-state index in [2.05, 4.69) is 37.4 Å². The van der Waals surface area contributed by atoms with Gasteiger partial charge in [-0.1, -0.05) is 29.3 Å². The molecule has 0 aliphatic carbocycles. The van der Waals surface area contributed by atoms with Crippen molar-refractivity contribution in [3.63, 3.8) is 0 Å². The minimum atomic E-state index is -0.621. The zero-order valence-corrected chi connectivity index (χ0v) is 14.6. The largest absolute Gasteiger partial charge is 0.368 e. The van der Waals surface area contributed by atoms with Gasteiger partial charge in [0.15, 0.2) is 0 Å². The second kappa shape index (κ2) is 7.85. The maximum atomic E-state index is 11.7. The number of benzene rings is 1. The van der Waals surface area contributed by atoms with Gasteiger partial charge in [-0.3, -0.25) is 4.79 Å². The molecule has 118 valence electrons. The van der Waals surface area contributed by atoms with Crippen molar-refractivity contribution in [2.45, 2.75) is 58.4 Å². The van der Waals surface area contributed by atoms with Gasteiger partial charge in [-0.25, -0.2) is 0 Å². The van der Waals surface area contributed by atoms with Crippen molar-refractivity contribution < 1.29 is 4.79 Å². The van der Waals surface area contributed by atoms with Crippen LogP contribution in [-0.2, 0) is 10.5 Å². The van der Waals surface area contributed by atoms with E-state index in [0.29, 0.717) is 0 Å². The van der Waals surface area contributed by atoms with Crippen LogP contribution in [0.4, 0.5) is 0 Å². The quantitative estimate of drug-likeness (QED) is 0.725. The Morgan fingerprint density at radius 3 is 2.33 bits per heavy atom. The van der Waals surface area contributed by atoms with E-state index in [9.17, 15) is 4.79 Å². The molecule has 0 aromatic heterocycles. The average molecular weight is 308 g/mol. The molecule has 0 saturated heterocycles. The number of thioether (sulfide) groups is 1. The van der Waals surface area contributed by atoms with Gasteiger partial charge >= 0.3 is 0 Å². The molecule has 1 atom stereocenters. The van der Waals surface area contributed by atoms with Gasteiger partial charge in [0.1, 0.15) is 0 Å². The second-order valence-electron chi connectivity index (χ2n) is 6.29. The van der Waals surface area contributed by atoms with Crippen molar-refractivity contribution >= 4 is 17.7 Å². The second-order valence-corrected chi connectivity index (χ2v) is 7.40. The van der Waals surface area contributed by atoms with Gasteiger partial charge in [0.2, 0.25) is 5.91 Å². The fraction of sp³-hybridized carbons (Fsp3) is 0.588. The van der Waals surface area contributed by atoms with Crippen molar-refractivity contribution in [1.82, 2.24) is 5.32 Å². The van der Waals surface area contributed by atoms with Crippen LogP contribution in [0.25, 0.3) is 0 Å². The van der Waals surface area contributed by atoms with Crippen molar-refractivity contribution in [3.8, 4) is 0 Å². The standard InChI is InChI=1S/C17H28N2OS/c1-12(2)19-17(5,16(18)20)6-7-21-11-15-9-13(3)8-14(4)10-15/h8-10,12,19H,6-7,11H2,1-5H3,(H2,18,20). The van der Waals surface area contributed by atoms with E-state index in [4.69, 9.17) is 5.73 Å². The van der Waals surface area contributed by atoms with Crippen molar-refractivity contribution in [3.05, 3.63) is 34.9 Å². The van der Waals surface area contributed by atoms with Crippen LogP contribution >= 0.6 is 11.8 Å². The molecule has 0 aliphatic rings. The molecule has 0 fully saturated rings. The maximum absolute atomic E-state index is 11.7. The summed E-state index contributed by atoms with van der Waals surface area (Å²) < 4.78 is 0. The first-order valence-electron chi connectivity index (χ1n) is 7.45. The van der Waals surface area contributed by atoms with E-state index in [1.54, 1.807) is 0 Å². The molecule has 0 heterocycles. The molecule has 0 bridgehead atoms. The molecule has 0 radical (unpaired) electrons. The Morgan fingerprint density at radius 1 is 1.29 bits per heavy atom. The minimum absolute atomic E-state index is 0.243. The molecule has 4 heteroatoms. The Kier molecular flexibility index (Phi) is 6.75. The Bertz CT molecular complexity index is 467. The number of nitrogens with two attached hydrogens (primary N) is 1. The first kappa shape index (κ1) is 18.1. The van der Waals surface area contributed by atoms with E-state index in [0.717, 1.165) is 17.9 Å². The van der Waals surface area contributed by atoms with Gasteiger partial charge in [0.05, 0.1) is 5.54 Å². The third kappa shape index (κ3) is 6.10. The highest BCUT2D eigenvalue weighted by Gasteiger charge is 2.30. The first-order chi connectivity index (χ1) is 9.73. The molecule has 0 saturated carbocycles. The van der Waals surface area contributed by atoms with E-state index in [1.807, 2.05) is 32.5 Å². The first-order valence-corrected chi connectivity index (χ1v) is 8.61. The molecule has 1 rings (SSSR count). The Balaban J connectivity index is 2.49. The number of primary amides is 1. The van der Waals surface area contributed by atoms with Crippen LogP contribution in [0.1, 0.15) is 43.9 Å². The van der Waals surface area contributed by atoms with Crippen molar-refractivity contribution in [2.24, 2.45) is 5.73 Å². The predicted molar refractivity (Wildman–Crippen MR) is 92.6 cm³/mol. The summed E-state index contributed by atoms with van der Waals surface area (Å²) >= 11 is 1.85. The van der Waals surface area contributed by atoms with Crippen LogP contribution in [0, 0.1) is 13.8 Å². The van der Waals surface area contributed by atoms with E-state index in [1.165, 1.54) is 16.7 Å². The van der Waals surface area contributed by atoms with Crippen LogP contribution in [0.2, 0.25) is 0 Å². The van der Waals surface area contributed by atoms with Crippen molar-refractivity contribution in [2.75, 3.05) is 5.75 Å². The summed E-state index contributed by atoms with van der Waals surface area (Å²) in [7, 11) is 0. The van der Waals surface area contributed by atoms with E-state index in [-0.39, 0.29) is 11.9 Å². The highest BCUT2D eigenvalue weighted by Crippen LogP contribution is 2.20. The van der Waals surface area contributed by atoms with Crippen LogP contribution < -0.4 is 11.1 Å². The number of rotatable bonds is 8. The van der Waals surface area contributed by atoms with Crippen LogP contribution in [0.3, 0.4) is 0 Å². The smallest absolute Gasteiger partial charge is 0.237 e. The molecule has 1 unspecified atom stereocenters. The molecule has 3 N–H and O–H groups in total. The number of amides is 1. The average Bonchev–Trinajstić information content (AvgIpc) is 2.32. The van der Waals surface area contributed by atoms with Crippen molar-refractivity contribution in [1.29, 1.82) is 0 Å². The lowest BCUT2D eigenvalue weighted by atomic mass is 9.97. The molecule has 0 aliphatic heterocycles. The van der Waals surface area contributed by atoms with Crippen LogP contribution in [0.5, 0.6) is 0 Å². The minimum Gasteiger partial charge on any atom is -0.368 e. The summed E-state index contributed by atoms with van der Waals surface area (Å²) in [6.45, 7) is 10.2. The van der Waals surface area contributed by atoms with Gasteiger partial charge in [0.25, 0.3) is 0 Å². The number of nitrogens with one attached hydrogen (secondary N) is 1. The monoisotopic (exact) mass is 308 g/mol. The summed E-state index contributed by atoms with van der Waals surface area (Å²) in [6.07, 6.45) is 0.746. The number of hydrogen-bond donors (Lipinski definition) is 2. The van der Waals surface area contributed by atoms with Gasteiger partial charge in [-0.2, -0.15) is 11.8 Å². The Labute approximate surface area is 133 Å². The number of carbonyl (C=O) groups is 1.